The molecule has 0 heterocycles. The van der Waals surface area contributed by atoms with Crippen molar-refractivity contribution >= 4 is 29.0 Å². The second-order valence-electron chi connectivity index (χ2n) is 3.42. The zero-order chi connectivity index (χ0) is 12.1. The highest BCUT2D eigenvalue weighted by atomic mass is 35.5. The summed E-state index contributed by atoms with van der Waals surface area (Å²) < 4.78 is 0. The number of hydrogen-bond acceptors (Lipinski definition) is 1. The van der Waals surface area contributed by atoms with Crippen molar-refractivity contribution in [2.45, 2.75) is 0 Å². The first-order valence-electron chi connectivity index (χ1n) is 5.13. The molecular formula is C13H11ClN2O. The summed E-state index contributed by atoms with van der Waals surface area (Å²) in [5, 5.41) is 5.90. The van der Waals surface area contributed by atoms with Crippen molar-refractivity contribution in [3.63, 3.8) is 0 Å². The molecule has 2 N–H and O–H groups in total. The lowest BCUT2D eigenvalue weighted by atomic mass is 10.3. The maximum atomic E-state index is 11.7. The lowest BCUT2D eigenvalue weighted by molar-refractivity contribution is 0.262. The Labute approximate surface area is 104 Å². The number of rotatable bonds is 2. The van der Waals surface area contributed by atoms with Crippen LogP contribution in [0.2, 0.25) is 5.02 Å². The summed E-state index contributed by atoms with van der Waals surface area (Å²) in [6.45, 7) is 0. The van der Waals surface area contributed by atoms with Gasteiger partial charge in [-0.1, -0.05) is 41.9 Å². The van der Waals surface area contributed by atoms with Crippen molar-refractivity contribution in [2.24, 2.45) is 0 Å². The van der Waals surface area contributed by atoms with Gasteiger partial charge in [0.15, 0.2) is 0 Å². The minimum absolute atomic E-state index is 0.315. The number of amides is 2. The molecule has 2 rings (SSSR count). The van der Waals surface area contributed by atoms with Gasteiger partial charge in [0.25, 0.3) is 0 Å². The topological polar surface area (TPSA) is 41.1 Å². The average Bonchev–Trinajstić information content (AvgIpc) is 2.33. The number of carbonyl (C=O) groups excluding carboxylic acids is 1. The first-order valence-corrected chi connectivity index (χ1v) is 5.51. The van der Waals surface area contributed by atoms with Crippen molar-refractivity contribution in [3.05, 3.63) is 59.6 Å². The highest BCUT2D eigenvalue weighted by molar-refractivity contribution is 6.33. The van der Waals surface area contributed by atoms with Gasteiger partial charge in [-0.25, -0.2) is 4.79 Å². The molecule has 86 valence electrons. The largest absolute Gasteiger partial charge is 0.323 e. The summed E-state index contributed by atoms with van der Waals surface area (Å²) in [6.07, 6.45) is 0. The van der Waals surface area contributed by atoms with Gasteiger partial charge in [0.05, 0.1) is 10.7 Å². The molecule has 0 aliphatic heterocycles. The SMILES string of the molecule is O=C(Nc1ccccc1)Nc1ccccc1Cl. The molecule has 0 radical (unpaired) electrons. The zero-order valence-electron chi connectivity index (χ0n) is 8.98. The summed E-state index contributed by atoms with van der Waals surface area (Å²) >= 11 is 5.93. The molecule has 0 atom stereocenters. The van der Waals surface area contributed by atoms with Crippen LogP contribution in [0.5, 0.6) is 0 Å². The molecule has 17 heavy (non-hydrogen) atoms. The number of benzene rings is 2. The number of hydrogen-bond donors (Lipinski definition) is 2. The number of urea groups is 1. The Balaban J connectivity index is 2.01. The molecule has 0 spiro atoms. The smallest absolute Gasteiger partial charge is 0.308 e. The first kappa shape index (κ1) is 11.5. The summed E-state index contributed by atoms with van der Waals surface area (Å²) in [5.41, 5.74) is 1.32. The predicted octanol–water partition coefficient (Wildman–Crippen LogP) is 3.98. The second-order valence-corrected chi connectivity index (χ2v) is 3.83. The highest BCUT2D eigenvalue weighted by Crippen LogP contribution is 2.20. The third kappa shape index (κ3) is 3.23. The fourth-order valence-corrected chi connectivity index (χ4v) is 1.55. The van der Waals surface area contributed by atoms with Crippen molar-refractivity contribution in [1.82, 2.24) is 0 Å². The van der Waals surface area contributed by atoms with E-state index in [1.807, 2.05) is 42.5 Å². The van der Waals surface area contributed by atoms with Crippen LogP contribution in [0.1, 0.15) is 0 Å². The lowest BCUT2D eigenvalue weighted by Gasteiger charge is -2.08. The summed E-state index contributed by atoms with van der Waals surface area (Å²) in [7, 11) is 0. The summed E-state index contributed by atoms with van der Waals surface area (Å²) in [4.78, 5) is 11.7. The number of nitrogens with one attached hydrogen (secondary N) is 2. The molecule has 0 aliphatic carbocycles. The van der Waals surface area contributed by atoms with E-state index in [1.54, 1.807) is 12.1 Å². The quantitative estimate of drug-likeness (QED) is 0.827. The van der Waals surface area contributed by atoms with Crippen LogP contribution < -0.4 is 10.6 Å². The van der Waals surface area contributed by atoms with E-state index in [4.69, 9.17) is 11.6 Å². The molecule has 0 bridgehead atoms. The van der Waals surface area contributed by atoms with Gasteiger partial charge in [0.1, 0.15) is 0 Å². The van der Waals surface area contributed by atoms with E-state index < -0.39 is 0 Å². The molecule has 0 saturated carbocycles. The van der Waals surface area contributed by atoms with E-state index in [0.29, 0.717) is 10.7 Å². The van der Waals surface area contributed by atoms with Crippen molar-refractivity contribution in [2.75, 3.05) is 10.6 Å². The Bertz CT molecular complexity index is 514. The van der Waals surface area contributed by atoms with Crippen molar-refractivity contribution in [3.8, 4) is 0 Å². The molecule has 2 aromatic carbocycles. The molecule has 0 unspecified atom stereocenters. The summed E-state index contributed by atoms with van der Waals surface area (Å²) in [5.74, 6) is 0. The number of halogens is 1. The molecular weight excluding hydrogens is 236 g/mol. The second kappa shape index (κ2) is 5.37. The molecule has 0 saturated heterocycles. The van der Waals surface area contributed by atoms with E-state index in [9.17, 15) is 4.79 Å². The first-order chi connectivity index (χ1) is 8.25. The van der Waals surface area contributed by atoms with Crippen LogP contribution in [0.3, 0.4) is 0 Å². The molecule has 2 amide bonds. The van der Waals surface area contributed by atoms with Crippen LogP contribution in [-0.2, 0) is 0 Å². The van der Waals surface area contributed by atoms with Gasteiger partial charge in [-0.2, -0.15) is 0 Å². The molecule has 0 aromatic heterocycles. The summed E-state index contributed by atoms with van der Waals surface area (Å²) in [6, 6.07) is 16.0. The van der Waals surface area contributed by atoms with Gasteiger partial charge in [-0.05, 0) is 24.3 Å². The van der Waals surface area contributed by atoms with E-state index in [2.05, 4.69) is 10.6 Å². The van der Waals surface area contributed by atoms with E-state index >= 15 is 0 Å². The lowest BCUT2D eigenvalue weighted by Crippen LogP contribution is -2.19. The van der Waals surface area contributed by atoms with Gasteiger partial charge in [0.2, 0.25) is 0 Å². The predicted molar refractivity (Wildman–Crippen MR) is 70.5 cm³/mol. The third-order valence-electron chi connectivity index (χ3n) is 2.15. The van der Waals surface area contributed by atoms with Gasteiger partial charge in [-0.3, -0.25) is 0 Å². The van der Waals surface area contributed by atoms with Crippen LogP contribution in [0.15, 0.2) is 54.6 Å². The maximum Gasteiger partial charge on any atom is 0.323 e. The van der Waals surface area contributed by atoms with Crippen LogP contribution in [-0.4, -0.2) is 6.03 Å². The average molecular weight is 247 g/mol. The van der Waals surface area contributed by atoms with Crippen LogP contribution >= 0.6 is 11.6 Å². The monoisotopic (exact) mass is 246 g/mol. The Hall–Kier alpha value is -2.00. The van der Waals surface area contributed by atoms with Crippen molar-refractivity contribution in [1.29, 1.82) is 0 Å². The standard InChI is InChI=1S/C13H11ClN2O/c14-11-8-4-5-9-12(11)16-13(17)15-10-6-2-1-3-7-10/h1-9H,(H2,15,16,17). The van der Waals surface area contributed by atoms with Gasteiger partial charge in [-0.15, -0.1) is 0 Å². The Morgan fingerprint density at radius 1 is 0.882 bits per heavy atom. The highest BCUT2D eigenvalue weighted by Gasteiger charge is 2.04. The van der Waals surface area contributed by atoms with Gasteiger partial charge >= 0.3 is 6.03 Å². The molecule has 3 nitrogen and oxygen atoms in total. The van der Waals surface area contributed by atoms with Crippen LogP contribution in [0, 0.1) is 0 Å². The Kier molecular flexibility index (Phi) is 3.62. The van der Waals surface area contributed by atoms with E-state index in [0.717, 1.165) is 5.69 Å². The zero-order valence-corrected chi connectivity index (χ0v) is 9.74. The molecule has 2 aromatic rings. The molecule has 0 aliphatic rings. The van der Waals surface area contributed by atoms with E-state index in [1.165, 1.54) is 0 Å². The fourth-order valence-electron chi connectivity index (χ4n) is 1.37. The third-order valence-corrected chi connectivity index (χ3v) is 2.48. The molecule has 4 heteroatoms. The Morgan fingerprint density at radius 3 is 2.24 bits per heavy atom. The number of carbonyl (C=O) groups is 1. The maximum absolute atomic E-state index is 11.7. The van der Waals surface area contributed by atoms with E-state index in [-0.39, 0.29) is 6.03 Å². The minimum Gasteiger partial charge on any atom is -0.308 e. The minimum atomic E-state index is -0.315. The van der Waals surface area contributed by atoms with Gasteiger partial charge in [0, 0.05) is 5.69 Å². The van der Waals surface area contributed by atoms with Crippen molar-refractivity contribution < 1.29 is 4.79 Å². The van der Waals surface area contributed by atoms with Crippen LogP contribution in [0.25, 0.3) is 0 Å². The Morgan fingerprint density at radius 2 is 1.53 bits per heavy atom. The van der Waals surface area contributed by atoms with Crippen LogP contribution in [0.4, 0.5) is 16.2 Å². The van der Waals surface area contributed by atoms with Gasteiger partial charge < -0.3 is 10.6 Å². The number of anilines is 2. The fraction of sp³-hybridized carbons (Fsp3) is 0. The normalized spacial score (nSPS) is 9.71. The number of para-hydroxylation sites is 2. The molecule has 0 fully saturated rings.